The molecular weight excluding hydrogens is 232 g/mol. The molecule has 0 aromatic carbocycles. The lowest BCUT2D eigenvalue weighted by atomic mass is 10.2. The number of hydrogen-bond acceptors (Lipinski definition) is 6. The fourth-order valence-electron chi connectivity index (χ4n) is 1.09. The van der Waals surface area contributed by atoms with Crippen molar-refractivity contribution in [3.63, 3.8) is 0 Å². The van der Waals surface area contributed by atoms with Gasteiger partial charge in [0.1, 0.15) is 11.7 Å². The van der Waals surface area contributed by atoms with Gasteiger partial charge in [0.15, 0.2) is 0 Å². The number of rotatable bonds is 3. The Bertz CT molecular complexity index is 244. The minimum Gasteiger partial charge on any atom is -0.443 e. The lowest BCUT2D eigenvalue weighted by molar-refractivity contribution is -0.391. The molecule has 1 heterocycles. The molecule has 16 heavy (non-hydrogen) atoms. The number of nitrogens with zero attached hydrogens (tertiary/aromatic N) is 1. The van der Waals surface area contributed by atoms with Crippen molar-refractivity contribution in [1.82, 2.24) is 10.6 Å². The van der Waals surface area contributed by atoms with Gasteiger partial charge in [-0.05, 0) is 27.0 Å². The molecule has 0 bridgehead atoms. The molecule has 0 aromatic rings. The summed E-state index contributed by atoms with van der Waals surface area (Å²) >= 11 is 1.65. The molecule has 94 valence electrons. The van der Waals surface area contributed by atoms with Crippen molar-refractivity contribution in [3.05, 3.63) is 0 Å². The molecule has 0 radical (unpaired) electrons. The topological polar surface area (TPSA) is 60.0 Å². The molecular formula is C9H18N2O4S. The van der Waals surface area contributed by atoms with E-state index in [0.29, 0.717) is 6.54 Å². The summed E-state index contributed by atoms with van der Waals surface area (Å²) in [5, 5.41) is 1.23. The summed E-state index contributed by atoms with van der Waals surface area (Å²) in [6.07, 6.45) is 1.39. The molecule has 1 saturated heterocycles. The zero-order valence-electron chi connectivity index (χ0n) is 9.98. The molecule has 0 saturated carbocycles. The third-order valence-electron chi connectivity index (χ3n) is 1.61. The minimum absolute atomic E-state index is 0.0371. The first-order valence-corrected chi connectivity index (χ1v) is 6.39. The van der Waals surface area contributed by atoms with Crippen LogP contribution < -0.4 is 5.43 Å². The maximum absolute atomic E-state index is 11.4. The van der Waals surface area contributed by atoms with Gasteiger partial charge in [-0.2, -0.15) is 11.8 Å². The molecule has 0 aliphatic carbocycles. The highest BCUT2D eigenvalue weighted by molar-refractivity contribution is 7.98. The van der Waals surface area contributed by atoms with Crippen LogP contribution in [0.15, 0.2) is 0 Å². The van der Waals surface area contributed by atoms with Crippen molar-refractivity contribution in [2.45, 2.75) is 32.5 Å². The highest BCUT2D eigenvalue weighted by Crippen LogP contribution is 2.12. The van der Waals surface area contributed by atoms with Crippen molar-refractivity contribution in [2.75, 3.05) is 18.6 Å². The average molecular weight is 250 g/mol. The van der Waals surface area contributed by atoms with Crippen LogP contribution in [0.1, 0.15) is 20.8 Å². The van der Waals surface area contributed by atoms with Gasteiger partial charge in [-0.1, -0.05) is 5.17 Å². The zero-order chi connectivity index (χ0) is 12.2. The summed E-state index contributed by atoms with van der Waals surface area (Å²) in [6.45, 7) is 5.87. The van der Waals surface area contributed by atoms with Gasteiger partial charge in [0.25, 0.3) is 0 Å². The SMILES string of the molecule is CSC[C@H]1CN(NC(=O)OC(C)(C)C)OO1. The lowest BCUT2D eigenvalue weighted by Gasteiger charge is -2.21. The molecule has 0 unspecified atom stereocenters. The maximum atomic E-state index is 11.4. The lowest BCUT2D eigenvalue weighted by Crippen LogP contribution is -2.43. The molecule has 1 fully saturated rings. The number of nitrogens with one attached hydrogen (secondary N) is 1. The van der Waals surface area contributed by atoms with Crippen LogP contribution in [0.25, 0.3) is 0 Å². The summed E-state index contributed by atoms with van der Waals surface area (Å²) in [6, 6.07) is 0. The Morgan fingerprint density at radius 2 is 2.31 bits per heavy atom. The molecule has 1 aliphatic heterocycles. The molecule has 1 rings (SSSR count). The second-order valence-corrected chi connectivity index (χ2v) is 5.33. The van der Waals surface area contributed by atoms with Gasteiger partial charge < -0.3 is 4.74 Å². The normalized spacial score (nSPS) is 22.1. The number of hydroxylamine groups is 1. The largest absolute Gasteiger partial charge is 0.443 e. The van der Waals surface area contributed by atoms with E-state index in [1.165, 1.54) is 5.17 Å². The Morgan fingerprint density at radius 1 is 1.62 bits per heavy atom. The first kappa shape index (κ1) is 13.6. The van der Waals surface area contributed by atoms with E-state index in [1.807, 2.05) is 6.26 Å². The van der Waals surface area contributed by atoms with Crippen LogP contribution in [-0.4, -0.2) is 41.5 Å². The van der Waals surface area contributed by atoms with Crippen LogP contribution in [0.5, 0.6) is 0 Å². The van der Waals surface area contributed by atoms with Crippen LogP contribution in [0, 0.1) is 0 Å². The van der Waals surface area contributed by atoms with Gasteiger partial charge in [-0.25, -0.2) is 15.1 Å². The van der Waals surface area contributed by atoms with Crippen LogP contribution in [-0.2, 0) is 14.6 Å². The highest BCUT2D eigenvalue weighted by atomic mass is 32.2. The van der Waals surface area contributed by atoms with Crippen LogP contribution in [0.2, 0.25) is 0 Å². The van der Waals surface area contributed by atoms with Gasteiger partial charge in [0.05, 0.1) is 6.54 Å². The average Bonchev–Trinajstić information content (AvgIpc) is 2.49. The molecule has 0 aromatic heterocycles. The fourth-order valence-corrected chi connectivity index (χ4v) is 1.62. The monoisotopic (exact) mass is 250 g/mol. The molecule has 7 heteroatoms. The van der Waals surface area contributed by atoms with Gasteiger partial charge in [0.2, 0.25) is 0 Å². The quantitative estimate of drug-likeness (QED) is 0.763. The van der Waals surface area contributed by atoms with E-state index < -0.39 is 11.7 Å². The second-order valence-electron chi connectivity index (χ2n) is 4.42. The van der Waals surface area contributed by atoms with E-state index in [1.54, 1.807) is 32.5 Å². The predicted octanol–water partition coefficient (Wildman–Crippen LogP) is 1.34. The van der Waals surface area contributed by atoms with E-state index in [4.69, 9.17) is 14.6 Å². The third-order valence-corrected chi connectivity index (χ3v) is 2.31. The molecule has 1 aliphatic rings. The number of ether oxygens (including phenoxy) is 1. The fraction of sp³-hybridized carbons (Fsp3) is 0.889. The van der Waals surface area contributed by atoms with Crippen LogP contribution >= 0.6 is 11.8 Å². The summed E-state index contributed by atoms with van der Waals surface area (Å²) in [5.41, 5.74) is 1.92. The van der Waals surface area contributed by atoms with Gasteiger partial charge in [0, 0.05) is 5.75 Å². The van der Waals surface area contributed by atoms with E-state index in [2.05, 4.69) is 5.43 Å². The van der Waals surface area contributed by atoms with Crippen LogP contribution in [0.4, 0.5) is 4.79 Å². The molecule has 0 spiro atoms. The first-order chi connectivity index (χ1) is 7.40. The van der Waals surface area contributed by atoms with Crippen molar-refractivity contribution in [3.8, 4) is 0 Å². The number of thioether (sulfide) groups is 1. The van der Waals surface area contributed by atoms with E-state index in [0.717, 1.165) is 5.75 Å². The van der Waals surface area contributed by atoms with Gasteiger partial charge >= 0.3 is 6.09 Å². The summed E-state index contributed by atoms with van der Waals surface area (Å²) < 4.78 is 5.06. The Kier molecular flexibility index (Phi) is 4.85. The third kappa shape index (κ3) is 5.02. The Balaban J connectivity index is 2.26. The van der Waals surface area contributed by atoms with E-state index >= 15 is 0 Å². The van der Waals surface area contributed by atoms with E-state index in [9.17, 15) is 4.79 Å². The van der Waals surface area contributed by atoms with Crippen LogP contribution in [0.3, 0.4) is 0 Å². The molecule has 6 nitrogen and oxygen atoms in total. The minimum atomic E-state index is -0.555. The second kappa shape index (κ2) is 5.72. The number of carbonyl (C=O) groups excluding carboxylic acids is 1. The smallest absolute Gasteiger partial charge is 0.424 e. The maximum Gasteiger partial charge on any atom is 0.424 e. The van der Waals surface area contributed by atoms with Crippen molar-refractivity contribution >= 4 is 17.9 Å². The van der Waals surface area contributed by atoms with Crippen molar-refractivity contribution in [1.29, 1.82) is 0 Å². The highest BCUT2D eigenvalue weighted by Gasteiger charge is 2.28. The molecule has 1 atom stereocenters. The zero-order valence-corrected chi connectivity index (χ0v) is 10.8. The number of carbonyl (C=O) groups is 1. The Labute approximate surface area is 99.4 Å². The first-order valence-electron chi connectivity index (χ1n) is 5.00. The van der Waals surface area contributed by atoms with Crippen molar-refractivity contribution in [2.24, 2.45) is 0 Å². The van der Waals surface area contributed by atoms with Gasteiger partial charge in [-0.15, -0.1) is 4.99 Å². The standard InChI is InChI=1S/C9H18N2O4S/c1-9(2,3)13-8(12)10-11-5-7(6-16-4)14-15-11/h7H,5-6H2,1-4H3,(H,10,12)/t7-/m1/s1. The van der Waals surface area contributed by atoms with E-state index in [-0.39, 0.29) is 6.10 Å². The molecule has 1 N–H and O–H groups in total. The Hall–Kier alpha value is -0.500. The number of hydrogen-bond donors (Lipinski definition) is 1. The van der Waals surface area contributed by atoms with Crippen molar-refractivity contribution < 1.29 is 19.4 Å². The number of hydrazine groups is 1. The summed E-state index contributed by atoms with van der Waals surface area (Å²) in [4.78, 5) is 21.1. The number of amides is 1. The summed E-state index contributed by atoms with van der Waals surface area (Å²) in [5.74, 6) is 0.812. The summed E-state index contributed by atoms with van der Waals surface area (Å²) in [7, 11) is 0. The Morgan fingerprint density at radius 3 is 2.88 bits per heavy atom. The molecule has 1 amide bonds. The predicted molar refractivity (Wildman–Crippen MR) is 60.4 cm³/mol. The van der Waals surface area contributed by atoms with Gasteiger partial charge in [-0.3, -0.25) is 0 Å².